The molecule has 0 saturated carbocycles. The first-order chi connectivity index (χ1) is 11.4. The minimum Gasteiger partial charge on any atom is -0.496 e. The van der Waals surface area contributed by atoms with Crippen LogP contribution in [0.1, 0.15) is 29.2 Å². The van der Waals surface area contributed by atoms with Gasteiger partial charge in [0.15, 0.2) is 0 Å². The monoisotopic (exact) mass is 363 g/mol. The lowest BCUT2D eigenvalue weighted by atomic mass is 10.1. The van der Waals surface area contributed by atoms with E-state index in [0.717, 1.165) is 39.5 Å². The first kappa shape index (κ1) is 17.3. The summed E-state index contributed by atoms with van der Waals surface area (Å²) < 4.78 is 33.9. The van der Waals surface area contributed by atoms with Gasteiger partial charge < -0.3 is 4.74 Å². The van der Waals surface area contributed by atoms with Gasteiger partial charge in [-0.1, -0.05) is 18.2 Å². The van der Waals surface area contributed by atoms with Gasteiger partial charge in [0, 0.05) is 10.9 Å². The van der Waals surface area contributed by atoms with Crippen LogP contribution in [-0.2, 0) is 10.0 Å². The molecular formula is C18H21NO3S2. The van der Waals surface area contributed by atoms with E-state index in [-0.39, 0.29) is 10.9 Å². The molecule has 1 aliphatic heterocycles. The third-order valence-corrected chi connectivity index (χ3v) is 6.78. The Morgan fingerprint density at radius 3 is 2.50 bits per heavy atom. The molecule has 4 nitrogen and oxygen atoms in total. The van der Waals surface area contributed by atoms with Crippen molar-refractivity contribution in [2.45, 2.75) is 36.1 Å². The second kappa shape index (κ2) is 6.78. The van der Waals surface area contributed by atoms with Gasteiger partial charge in [0.1, 0.15) is 5.75 Å². The summed E-state index contributed by atoms with van der Waals surface area (Å²) in [6.07, 6.45) is 0.787. The quantitative estimate of drug-likeness (QED) is 0.897. The van der Waals surface area contributed by atoms with E-state index in [4.69, 9.17) is 4.74 Å². The molecule has 2 aromatic rings. The Bertz CT molecular complexity index is 839. The largest absolute Gasteiger partial charge is 0.496 e. The van der Waals surface area contributed by atoms with Crippen LogP contribution in [0.4, 0.5) is 0 Å². The predicted molar refractivity (Wildman–Crippen MR) is 97.3 cm³/mol. The molecule has 0 aromatic heterocycles. The molecule has 3 rings (SSSR count). The van der Waals surface area contributed by atoms with Gasteiger partial charge in [-0.25, -0.2) is 13.1 Å². The summed E-state index contributed by atoms with van der Waals surface area (Å²) in [4.78, 5) is 1.44. The highest BCUT2D eigenvalue weighted by atomic mass is 32.2. The zero-order valence-corrected chi connectivity index (χ0v) is 15.6. The Balaban J connectivity index is 1.93. The van der Waals surface area contributed by atoms with Crippen molar-refractivity contribution >= 4 is 21.8 Å². The highest BCUT2D eigenvalue weighted by molar-refractivity contribution is 7.99. The fourth-order valence-corrected chi connectivity index (χ4v) is 5.65. The van der Waals surface area contributed by atoms with Gasteiger partial charge >= 0.3 is 0 Å². The van der Waals surface area contributed by atoms with Crippen molar-refractivity contribution in [3.8, 4) is 5.75 Å². The van der Waals surface area contributed by atoms with Gasteiger partial charge in [-0.3, -0.25) is 0 Å². The summed E-state index contributed by atoms with van der Waals surface area (Å²) in [5.41, 5.74) is 2.69. The third kappa shape index (κ3) is 3.31. The molecule has 0 saturated heterocycles. The van der Waals surface area contributed by atoms with Crippen molar-refractivity contribution in [2.75, 3.05) is 12.9 Å². The third-order valence-electron chi connectivity index (χ3n) is 4.20. The van der Waals surface area contributed by atoms with Gasteiger partial charge in [0.25, 0.3) is 0 Å². The first-order valence-electron chi connectivity index (χ1n) is 7.81. The number of nitrogens with one attached hydrogen (secondary N) is 1. The molecule has 1 heterocycles. The summed E-state index contributed by atoms with van der Waals surface area (Å²) in [6.45, 7) is 3.72. The van der Waals surface area contributed by atoms with Crippen molar-refractivity contribution in [3.05, 3.63) is 53.1 Å². The van der Waals surface area contributed by atoms with Gasteiger partial charge in [0.2, 0.25) is 10.0 Å². The molecule has 0 fully saturated rings. The number of methoxy groups -OCH3 is 1. The highest BCUT2D eigenvalue weighted by Gasteiger charge is 2.26. The maximum Gasteiger partial charge on any atom is 0.241 e. The van der Waals surface area contributed by atoms with E-state index in [2.05, 4.69) is 4.72 Å². The average Bonchev–Trinajstić information content (AvgIpc) is 2.54. The van der Waals surface area contributed by atoms with E-state index in [0.29, 0.717) is 0 Å². The molecule has 128 valence electrons. The van der Waals surface area contributed by atoms with Crippen LogP contribution in [0.15, 0.2) is 46.2 Å². The molecule has 0 bridgehead atoms. The lowest BCUT2D eigenvalue weighted by molar-refractivity contribution is 0.408. The zero-order chi connectivity index (χ0) is 17.3. The van der Waals surface area contributed by atoms with Gasteiger partial charge in [-0.15, -0.1) is 11.8 Å². The summed E-state index contributed by atoms with van der Waals surface area (Å²) in [6, 6.07) is 11.1. The minimum atomic E-state index is -3.59. The fraction of sp³-hybridized carbons (Fsp3) is 0.333. The number of fused-ring (bicyclic) bond motifs is 1. The SMILES string of the molecule is COc1c(C)cc(S(=O)(=O)NC2CCSc3ccccc32)cc1C. The number of thioether (sulfide) groups is 1. The van der Waals surface area contributed by atoms with E-state index >= 15 is 0 Å². The number of ether oxygens (including phenoxy) is 1. The molecule has 1 atom stereocenters. The Hall–Kier alpha value is -1.50. The van der Waals surface area contributed by atoms with Crippen molar-refractivity contribution in [1.82, 2.24) is 4.72 Å². The smallest absolute Gasteiger partial charge is 0.241 e. The van der Waals surface area contributed by atoms with Gasteiger partial charge in [-0.2, -0.15) is 0 Å². The molecule has 1 N–H and O–H groups in total. The highest BCUT2D eigenvalue weighted by Crippen LogP contribution is 2.37. The number of hydrogen-bond donors (Lipinski definition) is 1. The van der Waals surface area contributed by atoms with Crippen LogP contribution in [0, 0.1) is 13.8 Å². The van der Waals surface area contributed by atoms with Crippen LogP contribution in [0.2, 0.25) is 0 Å². The second-order valence-corrected chi connectivity index (χ2v) is 8.79. The zero-order valence-electron chi connectivity index (χ0n) is 14.0. The molecule has 1 unspecified atom stereocenters. The van der Waals surface area contributed by atoms with Crippen molar-refractivity contribution in [1.29, 1.82) is 0 Å². The maximum atomic E-state index is 12.9. The first-order valence-corrected chi connectivity index (χ1v) is 10.3. The van der Waals surface area contributed by atoms with Crippen molar-refractivity contribution in [2.24, 2.45) is 0 Å². The number of aryl methyl sites for hydroxylation is 2. The van der Waals surface area contributed by atoms with Gasteiger partial charge in [-0.05, 0) is 60.9 Å². The fourth-order valence-electron chi connectivity index (χ4n) is 3.11. The van der Waals surface area contributed by atoms with Gasteiger partial charge in [0.05, 0.1) is 12.0 Å². The minimum absolute atomic E-state index is 0.185. The molecule has 1 aliphatic rings. The maximum absolute atomic E-state index is 12.9. The lowest BCUT2D eigenvalue weighted by Crippen LogP contribution is -2.30. The summed E-state index contributed by atoms with van der Waals surface area (Å²) in [5.74, 6) is 1.64. The van der Waals surface area contributed by atoms with Crippen molar-refractivity contribution in [3.63, 3.8) is 0 Å². The van der Waals surface area contributed by atoms with E-state index in [1.807, 2.05) is 38.1 Å². The summed E-state index contributed by atoms with van der Waals surface area (Å²) in [5, 5.41) is 0. The van der Waals surface area contributed by atoms with Crippen LogP contribution in [-0.4, -0.2) is 21.3 Å². The van der Waals surface area contributed by atoms with Crippen LogP contribution in [0.5, 0.6) is 5.75 Å². The predicted octanol–water partition coefficient (Wildman–Crippen LogP) is 3.83. The molecule has 0 amide bonds. The topological polar surface area (TPSA) is 55.4 Å². The standard InChI is InChI=1S/C18H21NO3S2/c1-12-10-14(11-13(2)18(12)22-3)24(20,21)19-16-8-9-23-17-7-5-4-6-15(16)17/h4-7,10-11,16,19H,8-9H2,1-3H3. The number of sulfonamides is 1. The van der Waals surface area contributed by atoms with Crippen LogP contribution in [0.25, 0.3) is 0 Å². The molecule has 0 spiro atoms. The van der Waals surface area contributed by atoms with Crippen LogP contribution >= 0.6 is 11.8 Å². The Morgan fingerprint density at radius 1 is 1.17 bits per heavy atom. The summed E-state index contributed by atoms with van der Waals surface area (Å²) in [7, 11) is -1.99. The van der Waals surface area contributed by atoms with E-state index in [1.54, 1.807) is 31.0 Å². The molecule has 0 aliphatic carbocycles. The number of benzene rings is 2. The van der Waals surface area contributed by atoms with Crippen molar-refractivity contribution < 1.29 is 13.2 Å². The van der Waals surface area contributed by atoms with E-state index in [1.165, 1.54) is 0 Å². The van der Waals surface area contributed by atoms with Crippen LogP contribution < -0.4 is 9.46 Å². The number of hydrogen-bond acceptors (Lipinski definition) is 4. The molecule has 6 heteroatoms. The Labute approximate surface area is 147 Å². The molecule has 0 radical (unpaired) electrons. The Kier molecular flexibility index (Phi) is 4.90. The normalized spacial score (nSPS) is 17.4. The molecule has 2 aromatic carbocycles. The average molecular weight is 364 g/mol. The van der Waals surface area contributed by atoms with E-state index in [9.17, 15) is 8.42 Å². The Morgan fingerprint density at radius 2 is 1.83 bits per heavy atom. The molecule has 24 heavy (non-hydrogen) atoms. The van der Waals surface area contributed by atoms with Crippen LogP contribution in [0.3, 0.4) is 0 Å². The molecular weight excluding hydrogens is 342 g/mol. The lowest BCUT2D eigenvalue weighted by Gasteiger charge is -2.26. The number of rotatable bonds is 4. The van der Waals surface area contributed by atoms with E-state index < -0.39 is 10.0 Å². The second-order valence-electron chi connectivity index (χ2n) is 5.94. The summed E-state index contributed by atoms with van der Waals surface area (Å²) >= 11 is 1.77.